The van der Waals surface area contributed by atoms with Crippen LogP contribution in [0.4, 0.5) is 0 Å². The van der Waals surface area contributed by atoms with E-state index in [-0.39, 0.29) is 25.8 Å². The van der Waals surface area contributed by atoms with Gasteiger partial charge in [-0.05, 0) is 78.1 Å². The van der Waals surface area contributed by atoms with Gasteiger partial charge in [-0.2, -0.15) is 0 Å². The molecule has 1 radical (unpaired) electrons. The number of fused-ring (bicyclic) bond motifs is 5. The average Bonchev–Trinajstić information content (AvgIpc) is 3.52. The molecule has 0 aliphatic carbocycles. The maximum absolute atomic E-state index is 7.56. The van der Waals surface area contributed by atoms with Crippen molar-refractivity contribution in [3.05, 3.63) is 150 Å². The van der Waals surface area contributed by atoms with Gasteiger partial charge in [-0.25, -0.2) is 0 Å². The van der Waals surface area contributed by atoms with Crippen LogP contribution in [0.2, 0.25) is 0 Å². The van der Waals surface area contributed by atoms with Crippen molar-refractivity contribution in [1.29, 1.82) is 0 Å². The van der Waals surface area contributed by atoms with Crippen molar-refractivity contribution in [1.82, 2.24) is 15.0 Å². The van der Waals surface area contributed by atoms with E-state index in [4.69, 9.17) is 8.53 Å². The SMILES string of the molecule is Cc1cnc(-c2[c-]cc(C)c(-c3ccc(CC(C)(C)C)cc3)c2)cc1C.[2H]C([2H])([2H])c1cc2ccc3c4cc[c-]c(-c5ccccn5)c4oc3c2cn1.[Ir]. The van der Waals surface area contributed by atoms with Crippen molar-refractivity contribution in [3.63, 3.8) is 0 Å². The zero-order chi connectivity index (χ0) is 37.5. The minimum Gasteiger partial charge on any atom is -0.500 e. The summed E-state index contributed by atoms with van der Waals surface area (Å²) in [4.78, 5) is 13.1. The van der Waals surface area contributed by atoms with Crippen molar-refractivity contribution in [2.75, 3.05) is 0 Å². The van der Waals surface area contributed by atoms with Crippen LogP contribution in [0.1, 0.15) is 52.8 Å². The summed E-state index contributed by atoms with van der Waals surface area (Å²) < 4.78 is 28.9. The van der Waals surface area contributed by atoms with Crippen LogP contribution < -0.4 is 0 Å². The molecule has 8 rings (SSSR count). The van der Waals surface area contributed by atoms with Gasteiger partial charge in [-0.3, -0.25) is 4.98 Å². The summed E-state index contributed by atoms with van der Waals surface area (Å²) in [7, 11) is 0. The third-order valence-electron chi connectivity index (χ3n) is 9.03. The van der Waals surface area contributed by atoms with Gasteiger partial charge in [0.1, 0.15) is 5.58 Å². The van der Waals surface area contributed by atoms with Gasteiger partial charge < -0.3 is 14.4 Å². The molecule has 0 saturated carbocycles. The van der Waals surface area contributed by atoms with Crippen LogP contribution in [0, 0.1) is 45.2 Å². The second-order valence-electron chi connectivity index (χ2n) is 14.2. The van der Waals surface area contributed by atoms with Gasteiger partial charge in [0, 0.05) is 59.3 Å². The topological polar surface area (TPSA) is 51.8 Å². The zero-order valence-corrected chi connectivity index (χ0v) is 32.1. The van der Waals surface area contributed by atoms with Crippen LogP contribution in [0.25, 0.3) is 66.4 Å². The molecule has 0 saturated heterocycles. The first-order valence-corrected chi connectivity index (χ1v) is 16.9. The minimum atomic E-state index is -2.24. The number of nitrogens with zero attached hydrogens (tertiary/aromatic N) is 3. The molecule has 51 heavy (non-hydrogen) atoms. The summed E-state index contributed by atoms with van der Waals surface area (Å²) in [5.74, 6) is 0. The summed E-state index contributed by atoms with van der Waals surface area (Å²) in [6, 6.07) is 37.0. The molecule has 0 aliphatic rings. The molecule has 257 valence electrons. The second kappa shape index (κ2) is 14.7. The molecule has 4 heterocycles. The number of hydrogen-bond donors (Lipinski definition) is 0. The van der Waals surface area contributed by atoms with Crippen LogP contribution in [0.3, 0.4) is 0 Å². The Hall–Kier alpha value is -4.96. The fourth-order valence-corrected chi connectivity index (χ4v) is 6.33. The van der Waals surface area contributed by atoms with E-state index in [2.05, 4.69) is 111 Å². The number of aromatic nitrogens is 3. The molecule has 4 nitrogen and oxygen atoms in total. The van der Waals surface area contributed by atoms with Crippen molar-refractivity contribution >= 4 is 32.7 Å². The molecule has 0 amide bonds. The number of aryl methyl sites for hydroxylation is 4. The Labute approximate surface area is 318 Å². The van der Waals surface area contributed by atoms with Gasteiger partial charge in [-0.15, -0.1) is 47.5 Å². The summed E-state index contributed by atoms with van der Waals surface area (Å²) in [5.41, 5.74) is 13.0. The van der Waals surface area contributed by atoms with Crippen LogP contribution >= 0.6 is 0 Å². The van der Waals surface area contributed by atoms with Crippen molar-refractivity contribution < 1.29 is 28.6 Å². The summed E-state index contributed by atoms with van der Waals surface area (Å²) in [5, 5.41) is 3.48. The Morgan fingerprint density at radius 3 is 2.25 bits per heavy atom. The fraction of sp³-hybridized carbons (Fsp3) is 0.196. The first kappa shape index (κ1) is 32.0. The number of rotatable bonds is 4. The smallest absolute Gasteiger partial charge is 0.130 e. The van der Waals surface area contributed by atoms with E-state index in [1.54, 1.807) is 18.5 Å². The number of hydrogen-bond acceptors (Lipinski definition) is 4. The van der Waals surface area contributed by atoms with Crippen molar-refractivity contribution in [3.8, 4) is 33.6 Å². The maximum Gasteiger partial charge on any atom is 0.130 e. The van der Waals surface area contributed by atoms with Gasteiger partial charge >= 0.3 is 0 Å². The molecule has 0 fully saturated rings. The molecule has 4 aromatic carbocycles. The van der Waals surface area contributed by atoms with E-state index in [1.165, 1.54) is 33.4 Å². The van der Waals surface area contributed by atoms with E-state index in [0.29, 0.717) is 16.6 Å². The quantitative estimate of drug-likeness (QED) is 0.166. The molecular weight excluding hydrogens is 803 g/mol. The van der Waals surface area contributed by atoms with Gasteiger partial charge in [0.05, 0.1) is 5.58 Å². The maximum atomic E-state index is 7.56. The van der Waals surface area contributed by atoms with Crippen molar-refractivity contribution in [2.24, 2.45) is 5.41 Å². The van der Waals surface area contributed by atoms with E-state index < -0.39 is 6.85 Å². The Balaban J connectivity index is 0.000000181. The Kier molecular flexibility index (Phi) is 9.23. The first-order chi connectivity index (χ1) is 25.2. The van der Waals surface area contributed by atoms with Crippen LogP contribution in [-0.4, -0.2) is 15.0 Å². The van der Waals surface area contributed by atoms with E-state index in [1.807, 2.05) is 48.7 Å². The Morgan fingerprint density at radius 2 is 1.53 bits per heavy atom. The van der Waals surface area contributed by atoms with Gasteiger partial charge in [0.25, 0.3) is 0 Å². The second-order valence-corrected chi connectivity index (χ2v) is 14.2. The molecule has 0 N–H and O–H groups in total. The zero-order valence-electron chi connectivity index (χ0n) is 32.7. The third kappa shape index (κ3) is 7.71. The molecule has 0 unspecified atom stereocenters. The van der Waals surface area contributed by atoms with Crippen LogP contribution in [0.5, 0.6) is 0 Å². The molecule has 0 atom stereocenters. The van der Waals surface area contributed by atoms with Crippen LogP contribution in [0.15, 0.2) is 114 Å². The van der Waals surface area contributed by atoms with Gasteiger partial charge in [0.2, 0.25) is 0 Å². The largest absolute Gasteiger partial charge is 0.500 e. The number of furan rings is 1. The molecule has 0 bridgehead atoms. The van der Waals surface area contributed by atoms with Crippen molar-refractivity contribution in [2.45, 2.75) is 54.8 Å². The average molecular weight is 847 g/mol. The van der Waals surface area contributed by atoms with Gasteiger partial charge in [0.15, 0.2) is 0 Å². The third-order valence-corrected chi connectivity index (χ3v) is 9.03. The molecule has 5 heteroatoms. The standard InChI is InChI=1S/C25H28N.C21H13N2O.Ir/c1-17-7-10-22(24-13-18(2)19(3)16-26-24)14-23(17)21-11-8-20(9-12-21)15-25(4,5)6;1-13-11-14-8-9-16-15-5-4-6-17(19-7-2-3-10-22-19)20(15)24-21(16)18(14)12-23-13;/h7-9,11-14,16H,15H2,1-6H3;2-5,7-12H,1H3;/q2*-1;/i;1D3;. The molecular formula is C46H41IrN3O-2. The Bertz CT molecular complexity index is 2590. The monoisotopic (exact) mass is 847 g/mol. The van der Waals surface area contributed by atoms with E-state index >= 15 is 0 Å². The molecule has 0 aliphatic heterocycles. The first-order valence-electron chi connectivity index (χ1n) is 18.4. The number of pyridine rings is 3. The normalized spacial score (nSPS) is 12.5. The molecule has 4 aromatic heterocycles. The van der Waals surface area contributed by atoms with E-state index in [9.17, 15) is 0 Å². The number of benzene rings is 4. The van der Waals surface area contributed by atoms with Gasteiger partial charge in [-0.1, -0.05) is 104 Å². The Morgan fingerprint density at radius 1 is 0.725 bits per heavy atom. The fourth-order valence-electron chi connectivity index (χ4n) is 6.33. The minimum absolute atomic E-state index is 0. The van der Waals surface area contributed by atoms with Crippen LogP contribution in [-0.2, 0) is 26.5 Å². The summed E-state index contributed by atoms with van der Waals surface area (Å²) >= 11 is 0. The predicted molar refractivity (Wildman–Crippen MR) is 207 cm³/mol. The van der Waals surface area contributed by atoms with E-state index in [0.717, 1.165) is 50.5 Å². The molecule has 0 spiro atoms. The summed E-state index contributed by atoms with van der Waals surface area (Å²) in [6.45, 7) is 11.0. The summed E-state index contributed by atoms with van der Waals surface area (Å²) in [6.07, 6.45) is 6.35. The predicted octanol–water partition coefficient (Wildman–Crippen LogP) is 12.0. The molecule has 8 aromatic rings.